The average molecular weight is 270 g/mol. The molecule has 0 unspecified atom stereocenters. The van der Waals surface area contributed by atoms with Gasteiger partial charge in [-0.2, -0.15) is 0 Å². The van der Waals surface area contributed by atoms with E-state index in [1.54, 1.807) is 0 Å². The minimum Gasteiger partial charge on any atom is -0.488 e. The van der Waals surface area contributed by atoms with Crippen molar-refractivity contribution in [2.24, 2.45) is 0 Å². The molecular formula is C15H24ClNO. The Labute approximate surface area is 117 Å². The van der Waals surface area contributed by atoms with Crippen molar-refractivity contribution in [1.82, 2.24) is 5.32 Å². The van der Waals surface area contributed by atoms with Gasteiger partial charge in [0.2, 0.25) is 0 Å². The van der Waals surface area contributed by atoms with Crippen molar-refractivity contribution in [1.29, 1.82) is 0 Å². The van der Waals surface area contributed by atoms with Crippen molar-refractivity contribution in [3.05, 3.63) is 29.8 Å². The molecule has 102 valence electrons. The first-order valence-corrected chi connectivity index (χ1v) is 6.57. The molecule has 0 radical (unpaired) electrons. The fourth-order valence-electron chi connectivity index (χ4n) is 2.26. The number of ether oxygens (including phenoxy) is 1. The van der Waals surface area contributed by atoms with Gasteiger partial charge in [0.15, 0.2) is 0 Å². The summed E-state index contributed by atoms with van der Waals surface area (Å²) in [4.78, 5) is 0. The minimum atomic E-state index is -0.120. The van der Waals surface area contributed by atoms with Crippen LogP contribution in [0.15, 0.2) is 24.3 Å². The lowest BCUT2D eigenvalue weighted by Gasteiger charge is -2.25. The maximum Gasteiger partial charge on any atom is 0.120 e. The van der Waals surface area contributed by atoms with Gasteiger partial charge in [0.1, 0.15) is 11.4 Å². The highest BCUT2D eigenvalue weighted by Gasteiger charge is 2.15. The normalized spacial score (nSPS) is 20.1. The van der Waals surface area contributed by atoms with Crippen molar-refractivity contribution < 1.29 is 4.74 Å². The van der Waals surface area contributed by atoms with Gasteiger partial charge in [-0.25, -0.2) is 0 Å². The van der Waals surface area contributed by atoms with Crippen LogP contribution in [0.5, 0.6) is 5.75 Å². The van der Waals surface area contributed by atoms with E-state index in [1.165, 1.54) is 24.8 Å². The molecule has 18 heavy (non-hydrogen) atoms. The van der Waals surface area contributed by atoms with Gasteiger partial charge in [0, 0.05) is 6.04 Å². The number of piperidine rings is 1. The Morgan fingerprint density at radius 1 is 1.11 bits per heavy atom. The Morgan fingerprint density at radius 2 is 1.78 bits per heavy atom. The fraction of sp³-hybridized carbons (Fsp3) is 0.600. The Morgan fingerprint density at radius 3 is 2.28 bits per heavy atom. The standard InChI is InChI=1S/C15H23NO.ClH/c1-15(2,3)17-13-9-7-12(8-10-13)14-6-4-5-11-16-14;/h7-10,14,16H,4-6,11H2,1-3H3;1H/t14-;/m1./s1. The predicted molar refractivity (Wildman–Crippen MR) is 78.7 cm³/mol. The monoisotopic (exact) mass is 269 g/mol. The lowest BCUT2D eigenvalue weighted by Crippen LogP contribution is -2.26. The van der Waals surface area contributed by atoms with Crippen LogP contribution in [-0.2, 0) is 0 Å². The van der Waals surface area contributed by atoms with E-state index in [1.807, 2.05) is 0 Å². The van der Waals surface area contributed by atoms with Crippen LogP contribution in [-0.4, -0.2) is 12.1 Å². The summed E-state index contributed by atoms with van der Waals surface area (Å²) in [6.07, 6.45) is 3.89. The first kappa shape index (κ1) is 15.3. The number of hydrogen-bond acceptors (Lipinski definition) is 2. The first-order chi connectivity index (χ1) is 8.04. The van der Waals surface area contributed by atoms with Crippen molar-refractivity contribution >= 4 is 12.4 Å². The Hall–Kier alpha value is -0.730. The predicted octanol–water partition coefficient (Wildman–Crippen LogP) is 4.10. The van der Waals surface area contributed by atoms with Crippen LogP contribution in [0, 0.1) is 0 Å². The molecule has 0 amide bonds. The summed E-state index contributed by atoms with van der Waals surface area (Å²) >= 11 is 0. The van der Waals surface area contributed by atoms with Crippen molar-refractivity contribution in [3.8, 4) is 5.75 Å². The summed E-state index contributed by atoms with van der Waals surface area (Å²) < 4.78 is 5.82. The largest absolute Gasteiger partial charge is 0.488 e. The van der Waals surface area contributed by atoms with E-state index in [0.717, 1.165) is 12.3 Å². The highest BCUT2D eigenvalue weighted by molar-refractivity contribution is 5.85. The number of hydrogen-bond donors (Lipinski definition) is 1. The number of nitrogens with one attached hydrogen (secondary N) is 1. The molecule has 0 aromatic heterocycles. The first-order valence-electron chi connectivity index (χ1n) is 6.57. The van der Waals surface area contributed by atoms with E-state index in [2.05, 4.69) is 50.4 Å². The molecule has 1 aromatic carbocycles. The van der Waals surface area contributed by atoms with E-state index in [9.17, 15) is 0 Å². The maximum absolute atomic E-state index is 5.82. The number of rotatable bonds is 2. The Balaban J connectivity index is 0.00000162. The molecule has 1 fully saturated rings. The molecule has 1 heterocycles. The quantitative estimate of drug-likeness (QED) is 0.873. The molecule has 0 bridgehead atoms. The number of halogens is 1. The van der Waals surface area contributed by atoms with Crippen molar-refractivity contribution in [3.63, 3.8) is 0 Å². The van der Waals surface area contributed by atoms with Gasteiger partial charge in [-0.05, 0) is 57.9 Å². The lowest BCUT2D eigenvalue weighted by atomic mass is 9.97. The van der Waals surface area contributed by atoms with E-state index >= 15 is 0 Å². The zero-order valence-electron chi connectivity index (χ0n) is 11.5. The fourth-order valence-corrected chi connectivity index (χ4v) is 2.26. The molecule has 2 rings (SSSR count). The maximum atomic E-state index is 5.82. The van der Waals surface area contributed by atoms with Gasteiger partial charge in [0.25, 0.3) is 0 Å². The molecule has 1 N–H and O–H groups in total. The third-order valence-corrected chi connectivity index (χ3v) is 3.02. The van der Waals surface area contributed by atoms with E-state index in [0.29, 0.717) is 6.04 Å². The molecule has 0 saturated carbocycles. The summed E-state index contributed by atoms with van der Waals surface area (Å²) in [6.45, 7) is 7.36. The van der Waals surface area contributed by atoms with Gasteiger partial charge in [0.05, 0.1) is 0 Å². The molecule has 1 saturated heterocycles. The highest BCUT2D eigenvalue weighted by Crippen LogP contribution is 2.25. The van der Waals surface area contributed by atoms with Gasteiger partial charge >= 0.3 is 0 Å². The van der Waals surface area contributed by atoms with Gasteiger partial charge in [-0.1, -0.05) is 18.6 Å². The van der Waals surface area contributed by atoms with Crippen LogP contribution in [0.1, 0.15) is 51.6 Å². The molecule has 1 aliphatic heterocycles. The third kappa shape index (κ3) is 4.51. The molecule has 1 atom stereocenters. The molecule has 0 spiro atoms. The second-order valence-corrected chi connectivity index (χ2v) is 5.79. The SMILES string of the molecule is CC(C)(C)Oc1ccc([C@H]2CCCCN2)cc1.Cl. The third-order valence-electron chi connectivity index (χ3n) is 3.02. The van der Waals surface area contributed by atoms with Crippen LogP contribution in [0.25, 0.3) is 0 Å². The molecule has 1 aromatic rings. The summed E-state index contributed by atoms with van der Waals surface area (Å²) in [6, 6.07) is 9.06. The number of benzene rings is 1. The second kappa shape index (κ2) is 6.44. The van der Waals surface area contributed by atoms with Crippen LogP contribution in [0.4, 0.5) is 0 Å². The zero-order chi connectivity index (χ0) is 12.3. The Bertz CT molecular complexity index is 350. The van der Waals surface area contributed by atoms with Crippen LogP contribution in [0.3, 0.4) is 0 Å². The summed E-state index contributed by atoms with van der Waals surface area (Å²) in [7, 11) is 0. The molecule has 1 aliphatic rings. The van der Waals surface area contributed by atoms with Crippen molar-refractivity contribution in [2.45, 2.75) is 51.7 Å². The second-order valence-electron chi connectivity index (χ2n) is 5.79. The summed E-state index contributed by atoms with van der Waals surface area (Å²) in [5.41, 5.74) is 1.26. The molecule has 3 heteroatoms. The average Bonchev–Trinajstić information content (AvgIpc) is 2.29. The molecule has 2 nitrogen and oxygen atoms in total. The highest BCUT2D eigenvalue weighted by atomic mass is 35.5. The van der Waals surface area contributed by atoms with Gasteiger partial charge in [-0.3, -0.25) is 0 Å². The van der Waals surface area contributed by atoms with Gasteiger partial charge in [-0.15, -0.1) is 12.4 Å². The van der Waals surface area contributed by atoms with Crippen LogP contribution < -0.4 is 10.1 Å². The summed E-state index contributed by atoms with van der Waals surface area (Å²) in [5.74, 6) is 0.956. The molecule has 0 aliphatic carbocycles. The smallest absolute Gasteiger partial charge is 0.120 e. The van der Waals surface area contributed by atoms with Crippen LogP contribution >= 0.6 is 12.4 Å². The summed E-state index contributed by atoms with van der Waals surface area (Å²) in [5, 5.41) is 3.56. The minimum absolute atomic E-state index is 0. The van der Waals surface area contributed by atoms with Crippen LogP contribution in [0.2, 0.25) is 0 Å². The lowest BCUT2D eigenvalue weighted by molar-refractivity contribution is 0.131. The van der Waals surface area contributed by atoms with E-state index < -0.39 is 0 Å². The van der Waals surface area contributed by atoms with Gasteiger partial charge < -0.3 is 10.1 Å². The van der Waals surface area contributed by atoms with Crippen molar-refractivity contribution in [2.75, 3.05) is 6.54 Å². The Kier molecular flexibility index (Phi) is 5.48. The van der Waals surface area contributed by atoms with E-state index in [4.69, 9.17) is 4.74 Å². The molecular weight excluding hydrogens is 246 g/mol. The topological polar surface area (TPSA) is 21.3 Å². The van der Waals surface area contributed by atoms with E-state index in [-0.39, 0.29) is 18.0 Å². The zero-order valence-corrected chi connectivity index (χ0v) is 12.3.